The van der Waals surface area contributed by atoms with Crippen molar-refractivity contribution in [2.75, 3.05) is 0 Å². The zero-order valence-electron chi connectivity index (χ0n) is 33.3. The molecule has 0 bridgehead atoms. The van der Waals surface area contributed by atoms with Gasteiger partial charge in [0.1, 0.15) is 0 Å². The molecule has 0 aliphatic carbocycles. The number of hydrogen-bond acceptors (Lipinski definition) is 6. The minimum Gasteiger partial charge on any atom is -0.858 e. The van der Waals surface area contributed by atoms with E-state index in [1.165, 1.54) is 56.1 Å². The van der Waals surface area contributed by atoms with Gasteiger partial charge in [-0.05, 0) is 59.8 Å². The van der Waals surface area contributed by atoms with Crippen LogP contribution >= 0.6 is 15.8 Å². The first-order valence-corrected chi connectivity index (χ1v) is 24.8. The van der Waals surface area contributed by atoms with Crippen LogP contribution in [0.3, 0.4) is 0 Å². The number of nitrogens with zero attached hydrogens (tertiary/aromatic N) is 2. The van der Waals surface area contributed by atoms with Crippen molar-refractivity contribution in [1.29, 1.82) is 0 Å². The largest absolute Gasteiger partial charge is 2.00 e. The number of hydrogen-bond donors (Lipinski definition) is 0. The normalized spacial score (nSPS) is 13.4. The van der Waals surface area contributed by atoms with Gasteiger partial charge in [0.05, 0.1) is 9.79 Å². The summed E-state index contributed by atoms with van der Waals surface area (Å²) in [6, 6.07) is 76.6. The van der Waals surface area contributed by atoms with E-state index in [2.05, 4.69) is 191 Å². The Balaban J connectivity index is 0.000000142. The first-order valence-electron chi connectivity index (χ1n) is 19.3. The minimum atomic E-state index is -3.68. The second-order valence-corrected chi connectivity index (χ2v) is 21.0. The van der Waals surface area contributed by atoms with Crippen LogP contribution in [0.2, 0.25) is 0 Å². The molecule has 0 saturated heterocycles. The predicted octanol–water partition coefficient (Wildman–Crippen LogP) is 5.88. The summed E-state index contributed by atoms with van der Waals surface area (Å²) in [6.45, 7) is 0. The predicted molar refractivity (Wildman–Crippen MR) is 251 cm³/mol. The summed E-state index contributed by atoms with van der Waals surface area (Å²) in [4.78, 5) is 0.0185. The first kappa shape index (κ1) is 46.6. The van der Waals surface area contributed by atoms with Crippen LogP contribution in [0.5, 0.6) is 0 Å². The van der Waals surface area contributed by atoms with Gasteiger partial charge in [-0.1, -0.05) is 218 Å². The quantitative estimate of drug-likeness (QED) is 0.151. The van der Waals surface area contributed by atoms with E-state index in [-0.39, 0.29) is 41.3 Å². The Morgan fingerprint density at radius 1 is 0.302 bits per heavy atom. The number of fused-ring (bicyclic) bond motifs is 2. The average Bonchev–Trinajstić information content (AvgIpc) is 3.70. The maximum Gasteiger partial charge on any atom is 2.00 e. The van der Waals surface area contributed by atoms with Gasteiger partial charge in [-0.15, -0.1) is 0 Å². The van der Waals surface area contributed by atoms with Crippen LogP contribution < -0.4 is 42.0 Å². The summed E-state index contributed by atoms with van der Waals surface area (Å²) >= 11 is 0. The van der Waals surface area contributed by atoms with E-state index >= 15 is 0 Å². The zero-order valence-corrected chi connectivity index (χ0v) is 38.3. The SMILES string of the molecule is O=S1(=O)N=C([O-])c2ccccc21.O=S1(=O)N=C([O-])c2ccccc21.[Pd+2].c1ccc(P(c2ccccc2)c2ccccc2)cc1.c1ccc(P(c2ccccc2)c2ccccc2)cc1. The molecule has 0 aromatic heterocycles. The molecule has 0 fully saturated rings. The van der Waals surface area contributed by atoms with Crippen LogP contribution in [0, 0.1) is 0 Å². The molecule has 0 N–H and O–H groups in total. The van der Waals surface area contributed by atoms with E-state index in [9.17, 15) is 27.0 Å². The molecule has 13 heteroatoms. The van der Waals surface area contributed by atoms with Crippen molar-refractivity contribution in [3.8, 4) is 0 Å². The molecular weight excluding hydrogens is 957 g/mol. The van der Waals surface area contributed by atoms with Gasteiger partial charge < -0.3 is 10.2 Å². The van der Waals surface area contributed by atoms with Crippen LogP contribution in [0.4, 0.5) is 0 Å². The summed E-state index contributed by atoms with van der Waals surface area (Å²) in [5, 5.41) is 30.3. The fraction of sp³-hybridized carbons (Fsp3) is 0. The van der Waals surface area contributed by atoms with E-state index in [4.69, 9.17) is 0 Å². The third-order valence-corrected chi connectivity index (χ3v) is 16.8. The molecule has 0 saturated carbocycles. The Morgan fingerprint density at radius 2 is 0.492 bits per heavy atom. The summed E-state index contributed by atoms with van der Waals surface area (Å²) in [6.07, 6.45) is 0. The van der Waals surface area contributed by atoms with Gasteiger partial charge in [0, 0.05) is 22.9 Å². The van der Waals surface area contributed by atoms with E-state index in [1.54, 1.807) is 24.3 Å². The van der Waals surface area contributed by atoms with E-state index in [0.29, 0.717) is 0 Å². The second kappa shape index (κ2) is 22.0. The van der Waals surface area contributed by atoms with E-state index in [0.717, 1.165) is 0 Å². The Kier molecular flexibility index (Phi) is 16.3. The number of benzene rings is 8. The molecule has 316 valence electrons. The van der Waals surface area contributed by atoms with E-state index in [1.807, 2.05) is 0 Å². The third kappa shape index (κ3) is 11.8. The summed E-state index contributed by atoms with van der Waals surface area (Å²) in [5.41, 5.74) is 0.329. The van der Waals surface area contributed by atoms with Crippen molar-refractivity contribution in [3.63, 3.8) is 0 Å². The number of sulfonamides is 2. The molecule has 0 atom stereocenters. The van der Waals surface area contributed by atoms with Crippen molar-refractivity contribution in [1.82, 2.24) is 0 Å². The van der Waals surface area contributed by atoms with Crippen molar-refractivity contribution in [3.05, 3.63) is 242 Å². The molecule has 63 heavy (non-hydrogen) atoms. The minimum absolute atomic E-state index is 0. The van der Waals surface area contributed by atoms with Gasteiger partial charge in [-0.3, -0.25) is 0 Å². The molecule has 0 radical (unpaired) electrons. The Labute approximate surface area is 384 Å². The van der Waals surface area contributed by atoms with Gasteiger partial charge in [0.2, 0.25) is 0 Å². The molecule has 8 aromatic rings. The summed E-state index contributed by atoms with van der Waals surface area (Å²) < 4.78 is 50.3. The van der Waals surface area contributed by atoms with Crippen LogP contribution in [-0.4, -0.2) is 28.6 Å². The molecule has 2 heterocycles. The van der Waals surface area contributed by atoms with Crippen molar-refractivity contribution in [2.24, 2.45) is 8.80 Å². The monoisotopic (exact) mass is 994 g/mol. The number of rotatable bonds is 6. The van der Waals surface area contributed by atoms with Crippen LogP contribution in [0.15, 0.2) is 249 Å². The Bertz CT molecular complexity index is 2610. The topological polar surface area (TPSA) is 139 Å². The second-order valence-electron chi connectivity index (χ2n) is 13.4. The molecule has 8 nitrogen and oxygen atoms in total. The Hall–Kier alpha value is -5.88. The molecule has 0 spiro atoms. The van der Waals surface area contributed by atoms with Gasteiger partial charge in [-0.2, -0.15) is 25.6 Å². The molecule has 8 aromatic carbocycles. The average molecular weight is 995 g/mol. The molecular formula is C50H38N2O6P2PdS2. The van der Waals surface area contributed by atoms with Crippen molar-refractivity contribution >= 4 is 79.5 Å². The third-order valence-electron chi connectivity index (χ3n) is 9.28. The van der Waals surface area contributed by atoms with Crippen LogP contribution in [0.25, 0.3) is 0 Å². The van der Waals surface area contributed by atoms with Crippen LogP contribution in [0.1, 0.15) is 11.1 Å². The van der Waals surface area contributed by atoms with Gasteiger partial charge >= 0.3 is 20.4 Å². The van der Waals surface area contributed by atoms with Gasteiger partial charge in [0.25, 0.3) is 20.0 Å². The molecule has 2 aliphatic heterocycles. The van der Waals surface area contributed by atoms with Gasteiger partial charge in [0.15, 0.2) is 0 Å². The molecule has 10 rings (SSSR count). The fourth-order valence-electron chi connectivity index (χ4n) is 6.51. The Morgan fingerprint density at radius 3 is 0.698 bits per heavy atom. The van der Waals surface area contributed by atoms with Crippen molar-refractivity contribution in [2.45, 2.75) is 9.79 Å². The maximum absolute atomic E-state index is 11.1. The molecule has 0 unspecified atom stereocenters. The summed E-state index contributed by atoms with van der Waals surface area (Å²) in [7, 11) is -8.25. The maximum atomic E-state index is 11.1. The van der Waals surface area contributed by atoms with Crippen LogP contribution in [-0.2, 0) is 40.5 Å². The standard InChI is InChI=1S/2C18H15P.2C7H5NO3S.Pd/c2*1-4-10-16(11-5-1)19(17-12-6-2-7-13-17)18-14-8-3-9-15-18;2*9-7-5-3-1-2-4-6(5)12(10,11)8-7;/h2*1-15H;2*1-4H,(H,8,9);/q;;;;+2/p-2. The summed E-state index contributed by atoms with van der Waals surface area (Å²) in [5.74, 6) is -1.35. The molecule has 2 aliphatic rings. The van der Waals surface area contributed by atoms with Crippen molar-refractivity contribution < 1.29 is 47.5 Å². The van der Waals surface area contributed by atoms with E-state index < -0.39 is 47.7 Å². The smallest absolute Gasteiger partial charge is 0.858 e. The first-order chi connectivity index (χ1) is 30.1. The zero-order chi connectivity index (χ0) is 43.4. The molecule has 0 amide bonds. The fourth-order valence-corrected chi connectivity index (χ4v) is 13.3. The van der Waals surface area contributed by atoms with Gasteiger partial charge in [-0.25, -0.2) is 0 Å².